The summed E-state index contributed by atoms with van der Waals surface area (Å²) in [5.74, 6) is 0.992. The monoisotopic (exact) mass is 293 g/mol. The third-order valence-electron chi connectivity index (χ3n) is 3.56. The molecule has 8 heteroatoms. The molecule has 1 aliphatic carbocycles. The van der Waals surface area contributed by atoms with Gasteiger partial charge in [0, 0.05) is 0 Å². The summed E-state index contributed by atoms with van der Waals surface area (Å²) in [6.07, 6.45) is -0.947. The quantitative estimate of drug-likeness (QED) is 0.923. The zero-order valence-corrected chi connectivity index (χ0v) is 11.2. The summed E-state index contributed by atoms with van der Waals surface area (Å²) < 4.78 is 45.4. The Morgan fingerprint density at radius 2 is 2.05 bits per heavy atom. The largest absolute Gasteiger partial charge is 0.411 e. The van der Waals surface area contributed by atoms with Gasteiger partial charge in [-0.15, -0.1) is 0 Å². The van der Waals surface area contributed by atoms with E-state index in [0.29, 0.717) is 5.92 Å². The van der Waals surface area contributed by atoms with Gasteiger partial charge in [-0.3, -0.25) is 0 Å². The Balaban J connectivity index is 1.92. The van der Waals surface area contributed by atoms with Crippen molar-refractivity contribution in [1.29, 1.82) is 0 Å². The van der Waals surface area contributed by atoms with Crippen molar-refractivity contribution in [3.63, 3.8) is 0 Å². The SMILES string of the molecule is CC1CCC(N)(c2nc(COCC(F)(F)F)no2)CC1. The van der Waals surface area contributed by atoms with Crippen molar-refractivity contribution in [3.05, 3.63) is 11.7 Å². The number of halogens is 3. The minimum atomic E-state index is -4.36. The van der Waals surface area contributed by atoms with Crippen molar-refractivity contribution in [3.8, 4) is 0 Å². The molecule has 1 fully saturated rings. The summed E-state index contributed by atoms with van der Waals surface area (Å²) in [6, 6.07) is 0. The molecule has 20 heavy (non-hydrogen) atoms. The van der Waals surface area contributed by atoms with E-state index in [-0.39, 0.29) is 18.3 Å². The summed E-state index contributed by atoms with van der Waals surface area (Å²) in [4.78, 5) is 4.06. The number of nitrogens with zero attached hydrogens (tertiary/aromatic N) is 2. The van der Waals surface area contributed by atoms with Crippen molar-refractivity contribution in [2.45, 2.75) is 50.9 Å². The Morgan fingerprint density at radius 3 is 2.65 bits per heavy atom. The average molecular weight is 293 g/mol. The average Bonchev–Trinajstić information content (AvgIpc) is 2.81. The van der Waals surface area contributed by atoms with Crippen molar-refractivity contribution < 1.29 is 22.4 Å². The van der Waals surface area contributed by atoms with Crippen molar-refractivity contribution >= 4 is 0 Å². The van der Waals surface area contributed by atoms with Gasteiger partial charge in [0.25, 0.3) is 0 Å². The van der Waals surface area contributed by atoms with E-state index < -0.39 is 18.3 Å². The third kappa shape index (κ3) is 3.92. The van der Waals surface area contributed by atoms with Crippen LogP contribution in [0.5, 0.6) is 0 Å². The predicted octanol–water partition coefficient (Wildman–Crippen LogP) is 2.51. The number of alkyl halides is 3. The highest BCUT2D eigenvalue weighted by atomic mass is 19.4. The van der Waals surface area contributed by atoms with E-state index in [2.05, 4.69) is 21.8 Å². The molecular formula is C12H18F3N3O2. The Labute approximate surface area is 114 Å². The van der Waals surface area contributed by atoms with Crippen LogP contribution < -0.4 is 5.73 Å². The molecule has 0 amide bonds. The topological polar surface area (TPSA) is 74.2 Å². The molecule has 1 aromatic rings. The Bertz CT molecular complexity index is 439. The van der Waals surface area contributed by atoms with Gasteiger partial charge in [-0.25, -0.2) is 0 Å². The van der Waals surface area contributed by atoms with Crippen LogP contribution in [0.4, 0.5) is 13.2 Å². The molecule has 2 rings (SSSR count). The maximum absolute atomic E-state index is 11.9. The molecule has 0 aliphatic heterocycles. The van der Waals surface area contributed by atoms with Gasteiger partial charge in [0.2, 0.25) is 5.89 Å². The summed E-state index contributed by atoms with van der Waals surface area (Å²) in [7, 11) is 0. The van der Waals surface area contributed by atoms with Crippen LogP contribution in [0.3, 0.4) is 0 Å². The molecule has 0 saturated heterocycles. The van der Waals surface area contributed by atoms with Crippen LogP contribution in [0, 0.1) is 5.92 Å². The van der Waals surface area contributed by atoms with Gasteiger partial charge in [-0.1, -0.05) is 12.1 Å². The summed E-state index contributed by atoms with van der Waals surface area (Å²) in [5.41, 5.74) is 5.57. The third-order valence-corrected chi connectivity index (χ3v) is 3.56. The highest BCUT2D eigenvalue weighted by molar-refractivity contribution is 5.04. The zero-order valence-electron chi connectivity index (χ0n) is 11.2. The fraction of sp³-hybridized carbons (Fsp3) is 0.833. The summed E-state index contributed by atoms with van der Waals surface area (Å²) >= 11 is 0. The van der Waals surface area contributed by atoms with Crippen LogP contribution in [-0.4, -0.2) is 22.9 Å². The van der Waals surface area contributed by atoms with E-state index in [0.717, 1.165) is 25.7 Å². The van der Waals surface area contributed by atoms with E-state index in [9.17, 15) is 13.2 Å². The molecular weight excluding hydrogens is 275 g/mol. The second-order valence-corrected chi connectivity index (χ2v) is 5.46. The smallest absolute Gasteiger partial charge is 0.364 e. The first kappa shape index (κ1) is 15.2. The number of rotatable bonds is 4. The van der Waals surface area contributed by atoms with Gasteiger partial charge in [0.15, 0.2) is 5.82 Å². The van der Waals surface area contributed by atoms with Crippen LogP contribution in [-0.2, 0) is 16.9 Å². The Kier molecular flexibility index (Phi) is 4.33. The molecule has 1 saturated carbocycles. The molecule has 1 heterocycles. The van der Waals surface area contributed by atoms with Crippen LogP contribution in [0.15, 0.2) is 4.52 Å². The molecule has 0 bridgehead atoms. The zero-order chi connectivity index (χ0) is 14.8. The fourth-order valence-electron chi connectivity index (χ4n) is 2.26. The highest BCUT2D eigenvalue weighted by Crippen LogP contribution is 2.36. The number of hydrogen-bond donors (Lipinski definition) is 1. The van der Waals surface area contributed by atoms with E-state index in [4.69, 9.17) is 10.3 Å². The van der Waals surface area contributed by atoms with Crippen LogP contribution >= 0.6 is 0 Å². The van der Waals surface area contributed by atoms with Crippen LogP contribution in [0.1, 0.15) is 44.3 Å². The lowest BCUT2D eigenvalue weighted by atomic mass is 9.78. The van der Waals surface area contributed by atoms with Gasteiger partial charge < -0.3 is 15.0 Å². The molecule has 5 nitrogen and oxygen atoms in total. The first-order chi connectivity index (χ1) is 9.28. The van der Waals surface area contributed by atoms with E-state index >= 15 is 0 Å². The fourth-order valence-corrected chi connectivity index (χ4v) is 2.26. The van der Waals surface area contributed by atoms with E-state index in [1.165, 1.54) is 0 Å². The van der Waals surface area contributed by atoms with Crippen molar-refractivity contribution in [2.24, 2.45) is 11.7 Å². The molecule has 114 valence electrons. The maximum Gasteiger partial charge on any atom is 0.411 e. The van der Waals surface area contributed by atoms with E-state index in [1.807, 2.05) is 0 Å². The lowest BCUT2D eigenvalue weighted by Crippen LogP contribution is -2.40. The first-order valence-electron chi connectivity index (χ1n) is 6.55. The maximum atomic E-state index is 11.9. The standard InChI is InChI=1S/C12H18F3N3O2/c1-8-2-4-11(16,5-3-8)10-17-9(18-20-10)6-19-7-12(13,14)15/h8H,2-7,16H2,1H3. The van der Waals surface area contributed by atoms with Crippen LogP contribution in [0.2, 0.25) is 0 Å². The minimum Gasteiger partial charge on any atom is -0.364 e. The molecule has 2 N–H and O–H groups in total. The molecule has 0 radical (unpaired) electrons. The number of nitrogens with two attached hydrogens (primary N) is 1. The number of hydrogen-bond acceptors (Lipinski definition) is 5. The van der Waals surface area contributed by atoms with Gasteiger partial charge in [-0.2, -0.15) is 18.2 Å². The van der Waals surface area contributed by atoms with E-state index in [1.54, 1.807) is 0 Å². The Morgan fingerprint density at radius 1 is 1.40 bits per heavy atom. The summed E-state index contributed by atoms with van der Waals surface area (Å²) in [5, 5.41) is 3.62. The van der Waals surface area contributed by atoms with Gasteiger partial charge >= 0.3 is 6.18 Å². The second-order valence-electron chi connectivity index (χ2n) is 5.46. The molecule has 0 aromatic carbocycles. The van der Waals surface area contributed by atoms with Gasteiger partial charge in [0.1, 0.15) is 13.2 Å². The van der Waals surface area contributed by atoms with Gasteiger partial charge in [0.05, 0.1) is 5.54 Å². The molecule has 0 unspecified atom stereocenters. The second kappa shape index (κ2) is 5.69. The Hall–Kier alpha value is -1.15. The lowest BCUT2D eigenvalue weighted by Gasteiger charge is -2.32. The molecule has 0 spiro atoms. The number of aromatic nitrogens is 2. The summed E-state index contributed by atoms with van der Waals surface area (Å²) in [6.45, 7) is 0.488. The highest BCUT2D eigenvalue weighted by Gasteiger charge is 2.37. The first-order valence-corrected chi connectivity index (χ1v) is 6.55. The normalized spacial score (nSPS) is 27.8. The minimum absolute atomic E-state index is 0.0905. The molecule has 1 aromatic heterocycles. The van der Waals surface area contributed by atoms with Gasteiger partial charge in [-0.05, 0) is 31.6 Å². The van der Waals surface area contributed by atoms with Crippen molar-refractivity contribution in [2.75, 3.05) is 6.61 Å². The lowest BCUT2D eigenvalue weighted by molar-refractivity contribution is -0.177. The molecule has 0 atom stereocenters. The number of ether oxygens (including phenoxy) is 1. The molecule has 1 aliphatic rings. The van der Waals surface area contributed by atoms with Crippen LogP contribution in [0.25, 0.3) is 0 Å². The van der Waals surface area contributed by atoms with Crippen molar-refractivity contribution in [1.82, 2.24) is 10.1 Å². The predicted molar refractivity (Wildman–Crippen MR) is 63.5 cm³/mol.